The van der Waals surface area contributed by atoms with Crippen LogP contribution in [0, 0.1) is 0 Å². The van der Waals surface area contributed by atoms with Crippen LogP contribution in [0.5, 0.6) is 0 Å². The minimum absolute atomic E-state index is 0.311. The molecule has 0 radical (unpaired) electrons. The number of aliphatic hydroxyl groups is 1. The Bertz CT molecular complexity index is 388. The average Bonchev–Trinajstić information content (AvgIpc) is 2.78. The maximum absolute atomic E-state index is 11.4. The minimum Gasteiger partial charge on any atom is -0.480 e. The highest BCUT2D eigenvalue weighted by Gasteiger charge is 2.24. The molecule has 1 heterocycles. The van der Waals surface area contributed by atoms with Crippen LogP contribution in [0.25, 0.3) is 0 Å². The first-order valence-electron chi connectivity index (χ1n) is 5.48. The van der Waals surface area contributed by atoms with E-state index < -0.39 is 24.1 Å². The molecule has 2 atom stereocenters. The van der Waals surface area contributed by atoms with Crippen LogP contribution in [0.3, 0.4) is 0 Å². The third-order valence-electron chi connectivity index (χ3n) is 2.27. The van der Waals surface area contributed by atoms with Crippen molar-refractivity contribution in [1.82, 2.24) is 10.6 Å². The van der Waals surface area contributed by atoms with Gasteiger partial charge in [0.15, 0.2) is 6.04 Å². The predicted molar refractivity (Wildman–Crippen MR) is 62.1 cm³/mol. The van der Waals surface area contributed by atoms with Gasteiger partial charge in [0.05, 0.1) is 12.4 Å². The number of urea groups is 1. The molecule has 0 bridgehead atoms. The zero-order valence-electron chi connectivity index (χ0n) is 9.92. The number of aliphatic hydroxyl groups excluding tert-OH is 1. The molecule has 7 nitrogen and oxygen atoms in total. The van der Waals surface area contributed by atoms with Crippen molar-refractivity contribution in [2.24, 2.45) is 0 Å². The first kappa shape index (κ1) is 14.0. The van der Waals surface area contributed by atoms with E-state index in [0.29, 0.717) is 13.0 Å². The van der Waals surface area contributed by atoms with E-state index >= 15 is 0 Å². The Labute approximate surface area is 104 Å². The number of hydrogen-bond donors (Lipinski definition) is 4. The monoisotopic (exact) mass is 256 g/mol. The molecule has 0 aliphatic rings. The van der Waals surface area contributed by atoms with E-state index in [1.165, 1.54) is 13.2 Å². The van der Waals surface area contributed by atoms with Crippen molar-refractivity contribution >= 4 is 12.0 Å². The van der Waals surface area contributed by atoms with Gasteiger partial charge in [0.25, 0.3) is 0 Å². The third-order valence-corrected chi connectivity index (χ3v) is 2.27. The van der Waals surface area contributed by atoms with Crippen LogP contribution < -0.4 is 10.6 Å². The van der Waals surface area contributed by atoms with Crippen LogP contribution in [-0.2, 0) is 11.2 Å². The van der Waals surface area contributed by atoms with Crippen LogP contribution in [-0.4, -0.2) is 40.9 Å². The molecule has 0 saturated heterocycles. The van der Waals surface area contributed by atoms with Crippen molar-refractivity contribution in [2.75, 3.05) is 6.54 Å². The predicted octanol–water partition coefficient (Wildman–Crippen LogP) is -0.0447. The van der Waals surface area contributed by atoms with Crippen LogP contribution >= 0.6 is 0 Å². The van der Waals surface area contributed by atoms with Crippen molar-refractivity contribution < 1.29 is 24.2 Å². The van der Waals surface area contributed by atoms with Gasteiger partial charge in [0, 0.05) is 13.0 Å². The smallest absolute Gasteiger partial charge is 0.328 e. The van der Waals surface area contributed by atoms with Gasteiger partial charge in [0.2, 0.25) is 0 Å². The van der Waals surface area contributed by atoms with Crippen molar-refractivity contribution in [1.29, 1.82) is 0 Å². The molecule has 0 spiro atoms. The molecule has 0 fully saturated rings. The Morgan fingerprint density at radius 1 is 1.50 bits per heavy atom. The highest BCUT2D eigenvalue weighted by atomic mass is 16.4. The van der Waals surface area contributed by atoms with Gasteiger partial charge in [-0.3, -0.25) is 0 Å². The van der Waals surface area contributed by atoms with Crippen molar-refractivity contribution in [2.45, 2.75) is 25.5 Å². The van der Waals surface area contributed by atoms with Crippen LogP contribution in [0.1, 0.15) is 12.7 Å². The number of carboxylic acids is 1. The summed E-state index contributed by atoms with van der Waals surface area (Å²) in [7, 11) is 0. The first-order chi connectivity index (χ1) is 8.50. The zero-order chi connectivity index (χ0) is 13.5. The minimum atomic E-state index is -1.33. The number of amides is 2. The largest absolute Gasteiger partial charge is 0.480 e. The van der Waals surface area contributed by atoms with Gasteiger partial charge < -0.3 is 25.3 Å². The molecule has 7 heteroatoms. The summed E-state index contributed by atoms with van der Waals surface area (Å²) in [5.74, 6) is -0.563. The topological polar surface area (TPSA) is 112 Å². The Morgan fingerprint density at radius 2 is 2.22 bits per heavy atom. The molecule has 100 valence electrons. The molecule has 0 unspecified atom stereocenters. The molecule has 0 aliphatic heterocycles. The molecule has 0 aliphatic carbocycles. The fourth-order valence-corrected chi connectivity index (χ4v) is 1.34. The molecule has 1 aromatic heterocycles. The summed E-state index contributed by atoms with van der Waals surface area (Å²) in [6.45, 7) is 1.60. The van der Waals surface area contributed by atoms with Gasteiger partial charge >= 0.3 is 12.0 Å². The molecule has 4 N–H and O–H groups in total. The first-order valence-corrected chi connectivity index (χ1v) is 5.48. The molecule has 0 aromatic carbocycles. The van der Waals surface area contributed by atoms with E-state index in [4.69, 9.17) is 14.6 Å². The molecule has 2 amide bonds. The fraction of sp³-hybridized carbons (Fsp3) is 0.455. The number of carbonyl (C=O) groups excluding carboxylic acids is 1. The molecular formula is C11H16N2O5. The SMILES string of the molecule is C[C@@H](O)[C@H](NC(=O)NCCc1ccco1)C(=O)O. The lowest BCUT2D eigenvalue weighted by atomic mass is 10.2. The molecule has 18 heavy (non-hydrogen) atoms. The lowest BCUT2D eigenvalue weighted by Gasteiger charge is -2.17. The lowest BCUT2D eigenvalue weighted by Crippen LogP contribution is -2.51. The maximum Gasteiger partial charge on any atom is 0.328 e. The van der Waals surface area contributed by atoms with E-state index in [2.05, 4.69) is 10.6 Å². The Hall–Kier alpha value is -2.02. The van der Waals surface area contributed by atoms with Gasteiger partial charge in [-0.1, -0.05) is 0 Å². The molecular weight excluding hydrogens is 240 g/mol. The second kappa shape index (κ2) is 6.65. The number of carbonyl (C=O) groups is 2. The van der Waals surface area contributed by atoms with Crippen LogP contribution in [0.4, 0.5) is 4.79 Å². The Balaban J connectivity index is 2.30. The van der Waals surface area contributed by atoms with E-state index in [-0.39, 0.29) is 0 Å². The van der Waals surface area contributed by atoms with Gasteiger partial charge in [-0.25, -0.2) is 9.59 Å². The van der Waals surface area contributed by atoms with E-state index in [0.717, 1.165) is 5.76 Å². The molecule has 0 saturated carbocycles. The number of carboxylic acid groups (broad SMARTS) is 1. The lowest BCUT2D eigenvalue weighted by molar-refractivity contribution is -0.141. The quantitative estimate of drug-likeness (QED) is 0.570. The summed E-state index contributed by atoms with van der Waals surface area (Å²) in [6, 6.07) is 1.54. The standard InChI is InChI=1S/C11H16N2O5/c1-7(14)9(10(15)16)13-11(17)12-5-4-8-3-2-6-18-8/h2-3,6-7,9,14H,4-5H2,1H3,(H,15,16)(H2,12,13,17)/t7-,9+/m1/s1. The van der Waals surface area contributed by atoms with Gasteiger partial charge in [0.1, 0.15) is 5.76 Å². The number of hydrogen-bond acceptors (Lipinski definition) is 4. The highest BCUT2D eigenvalue weighted by Crippen LogP contribution is 1.99. The Kier molecular flexibility index (Phi) is 5.19. The Morgan fingerprint density at radius 3 is 2.72 bits per heavy atom. The second-order valence-electron chi connectivity index (χ2n) is 3.79. The summed E-state index contributed by atoms with van der Waals surface area (Å²) in [4.78, 5) is 22.1. The summed E-state index contributed by atoms with van der Waals surface area (Å²) in [5, 5.41) is 22.6. The molecule has 1 aromatic rings. The maximum atomic E-state index is 11.4. The van der Waals surface area contributed by atoms with E-state index in [9.17, 15) is 9.59 Å². The van der Waals surface area contributed by atoms with Crippen LogP contribution in [0.15, 0.2) is 22.8 Å². The summed E-state index contributed by atoms with van der Waals surface area (Å²) in [5.41, 5.74) is 0. The van der Waals surface area contributed by atoms with Gasteiger partial charge in [-0.2, -0.15) is 0 Å². The average molecular weight is 256 g/mol. The summed E-state index contributed by atoms with van der Waals surface area (Å²) in [6.07, 6.45) is 0.870. The van der Waals surface area contributed by atoms with Crippen molar-refractivity contribution in [3.05, 3.63) is 24.2 Å². The third kappa shape index (κ3) is 4.46. The van der Waals surface area contributed by atoms with Crippen molar-refractivity contribution in [3.8, 4) is 0 Å². The number of furan rings is 1. The summed E-state index contributed by atoms with van der Waals surface area (Å²) < 4.78 is 5.07. The fourth-order valence-electron chi connectivity index (χ4n) is 1.34. The van der Waals surface area contributed by atoms with E-state index in [1.807, 2.05) is 0 Å². The van der Waals surface area contributed by atoms with Gasteiger partial charge in [-0.05, 0) is 19.1 Å². The normalized spacial score (nSPS) is 13.7. The highest BCUT2D eigenvalue weighted by molar-refractivity contribution is 5.82. The van der Waals surface area contributed by atoms with Gasteiger partial charge in [-0.15, -0.1) is 0 Å². The number of rotatable bonds is 6. The number of aliphatic carboxylic acids is 1. The second-order valence-corrected chi connectivity index (χ2v) is 3.79. The zero-order valence-corrected chi connectivity index (χ0v) is 9.92. The van der Waals surface area contributed by atoms with Crippen molar-refractivity contribution in [3.63, 3.8) is 0 Å². The molecule has 1 rings (SSSR count). The van der Waals surface area contributed by atoms with Crippen LogP contribution in [0.2, 0.25) is 0 Å². The van der Waals surface area contributed by atoms with E-state index in [1.54, 1.807) is 12.1 Å². The summed E-state index contributed by atoms with van der Waals surface area (Å²) >= 11 is 0. The number of nitrogens with one attached hydrogen (secondary N) is 2.